The van der Waals surface area contributed by atoms with E-state index >= 15 is 0 Å². The number of ether oxygens (including phenoxy) is 1. The van der Waals surface area contributed by atoms with Gasteiger partial charge < -0.3 is 10.1 Å². The highest BCUT2D eigenvalue weighted by atomic mass is 19.1. The molecular weight excluding hydrogens is 347 g/mol. The number of hydrogen-bond donors (Lipinski definition) is 1. The Balaban J connectivity index is 1.70. The summed E-state index contributed by atoms with van der Waals surface area (Å²) < 4.78 is 20.0. The predicted octanol–water partition coefficient (Wildman–Crippen LogP) is 3.80. The van der Waals surface area contributed by atoms with Gasteiger partial charge in [0.1, 0.15) is 11.6 Å². The number of aromatic nitrogens is 3. The van der Waals surface area contributed by atoms with Crippen molar-refractivity contribution in [2.45, 2.75) is 0 Å². The van der Waals surface area contributed by atoms with Crippen molar-refractivity contribution in [3.8, 4) is 17.0 Å². The van der Waals surface area contributed by atoms with Crippen LogP contribution in [0.3, 0.4) is 0 Å². The average Bonchev–Trinajstić information content (AvgIpc) is 3.14. The van der Waals surface area contributed by atoms with Gasteiger partial charge in [-0.15, -0.1) is 0 Å². The standard InChI is InChI=1S/C20H15FN4O2/c1-27-18-5-3-2-4-15(18)23-20(26)16-12-19-22-11-10-17(25(19)24-16)13-6-8-14(21)9-7-13/h2-12H,1H3,(H,23,26). The molecule has 0 aliphatic rings. The van der Waals surface area contributed by atoms with Crippen LogP contribution in [0.4, 0.5) is 10.1 Å². The summed E-state index contributed by atoms with van der Waals surface area (Å²) in [6.07, 6.45) is 1.62. The highest BCUT2D eigenvalue weighted by Gasteiger charge is 2.15. The molecule has 0 saturated heterocycles. The number of nitrogens with one attached hydrogen (secondary N) is 1. The molecule has 0 spiro atoms. The van der Waals surface area contributed by atoms with Crippen LogP contribution in [0.15, 0.2) is 66.9 Å². The third-order valence-corrected chi connectivity index (χ3v) is 4.09. The molecule has 27 heavy (non-hydrogen) atoms. The normalized spacial score (nSPS) is 10.7. The van der Waals surface area contributed by atoms with E-state index in [1.165, 1.54) is 19.2 Å². The van der Waals surface area contributed by atoms with Crippen LogP contribution < -0.4 is 10.1 Å². The minimum absolute atomic E-state index is 0.211. The van der Waals surface area contributed by atoms with Gasteiger partial charge in [-0.25, -0.2) is 13.9 Å². The van der Waals surface area contributed by atoms with E-state index in [1.54, 1.807) is 53.2 Å². The zero-order valence-corrected chi connectivity index (χ0v) is 14.4. The summed E-state index contributed by atoms with van der Waals surface area (Å²) in [6.45, 7) is 0. The SMILES string of the molecule is COc1ccccc1NC(=O)c1cc2nccc(-c3ccc(F)cc3)n2n1. The Kier molecular flexibility index (Phi) is 4.25. The van der Waals surface area contributed by atoms with Crippen molar-refractivity contribution in [3.63, 3.8) is 0 Å². The minimum atomic E-state index is -0.380. The molecule has 6 nitrogen and oxygen atoms in total. The molecule has 0 atom stereocenters. The van der Waals surface area contributed by atoms with E-state index < -0.39 is 0 Å². The lowest BCUT2D eigenvalue weighted by Crippen LogP contribution is -2.13. The topological polar surface area (TPSA) is 68.5 Å². The first-order valence-electron chi connectivity index (χ1n) is 8.21. The van der Waals surface area contributed by atoms with Crippen molar-refractivity contribution >= 4 is 17.2 Å². The molecule has 0 bridgehead atoms. The molecule has 0 saturated carbocycles. The molecule has 0 unspecified atom stereocenters. The van der Waals surface area contributed by atoms with Crippen LogP contribution in [-0.2, 0) is 0 Å². The molecule has 7 heteroatoms. The minimum Gasteiger partial charge on any atom is -0.495 e. The number of carbonyl (C=O) groups excluding carboxylic acids is 1. The third-order valence-electron chi connectivity index (χ3n) is 4.09. The molecule has 2 heterocycles. The molecule has 0 fully saturated rings. The van der Waals surface area contributed by atoms with Gasteiger partial charge in [0, 0.05) is 17.8 Å². The fraction of sp³-hybridized carbons (Fsp3) is 0.0500. The van der Waals surface area contributed by atoms with Crippen molar-refractivity contribution in [2.24, 2.45) is 0 Å². The second-order valence-electron chi connectivity index (χ2n) is 5.79. The first-order chi connectivity index (χ1) is 13.2. The van der Waals surface area contributed by atoms with Gasteiger partial charge in [-0.05, 0) is 42.5 Å². The van der Waals surface area contributed by atoms with Gasteiger partial charge in [-0.3, -0.25) is 4.79 Å². The van der Waals surface area contributed by atoms with E-state index in [1.807, 2.05) is 6.07 Å². The van der Waals surface area contributed by atoms with Crippen molar-refractivity contribution in [3.05, 3.63) is 78.4 Å². The van der Waals surface area contributed by atoms with Gasteiger partial charge in [0.05, 0.1) is 18.5 Å². The van der Waals surface area contributed by atoms with Crippen LogP contribution in [0.1, 0.15) is 10.5 Å². The molecule has 4 rings (SSSR count). The van der Waals surface area contributed by atoms with Crippen molar-refractivity contribution < 1.29 is 13.9 Å². The first-order valence-corrected chi connectivity index (χ1v) is 8.21. The lowest BCUT2D eigenvalue weighted by atomic mass is 10.1. The second kappa shape index (κ2) is 6.87. The van der Waals surface area contributed by atoms with E-state index in [0.29, 0.717) is 22.8 Å². The zero-order chi connectivity index (χ0) is 18.8. The van der Waals surface area contributed by atoms with Crippen LogP contribution in [0.5, 0.6) is 5.75 Å². The molecule has 0 aliphatic heterocycles. The monoisotopic (exact) mass is 362 g/mol. The number of rotatable bonds is 4. The quantitative estimate of drug-likeness (QED) is 0.600. The Bertz CT molecular complexity index is 1120. The summed E-state index contributed by atoms with van der Waals surface area (Å²) in [7, 11) is 1.54. The smallest absolute Gasteiger partial charge is 0.276 e. The van der Waals surface area contributed by atoms with Crippen LogP contribution in [-0.4, -0.2) is 27.6 Å². The molecule has 1 amide bonds. The molecule has 0 aliphatic carbocycles. The Morgan fingerprint density at radius 1 is 1.11 bits per heavy atom. The number of fused-ring (bicyclic) bond motifs is 1. The number of anilines is 1. The summed E-state index contributed by atoms with van der Waals surface area (Å²) in [5.41, 5.74) is 2.75. The van der Waals surface area contributed by atoms with Crippen LogP contribution in [0.2, 0.25) is 0 Å². The van der Waals surface area contributed by atoms with E-state index in [0.717, 1.165) is 5.56 Å². The Hall–Kier alpha value is -3.74. The van der Waals surface area contributed by atoms with Gasteiger partial charge in [0.15, 0.2) is 11.3 Å². The lowest BCUT2D eigenvalue weighted by Gasteiger charge is -2.08. The van der Waals surface area contributed by atoms with Crippen molar-refractivity contribution in [2.75, 3.05) is 12.4 Å². The fourth-order valence-electron chi connectivity index (χ4n) is 2.78. The third kappa shape index (κ3) is 3.22. The van der Waals surface area contributed by atoms with E-state index in [4.69, 9.17) is 4.74 Å². The van der Waals surface area contributed by atoms with Crippen molar-refractivity contribution in [1.29, 1.82) is 0 Å². The molecule has 4 aromatic rings. The highest BCUT2D eigenvalue weighted by Crippen LogP contribution is 2.24. The molecular formula is C20H15FN4O2. The van der Waals surface area contributed by atoms with E-state index in [2.05, 4.69) is 15.4 Å². The van der Waals surface area contributed by atoms with Gasteiger partial charge in [0.25, 0.3) is 5.91 Å². The number of amides is 1. The maximum Gasteiger partial charge on any atom is 0.276 e. The Morgan fingerprint density at radius 3 is 2.67 bits per heavy atom. The number of para-hydroxylation sites is 2. The number of nitrogens with zero attached hydrogens (tertiary/aromatic N) is 3. The predicted molar refractivity (Wildman–Crippen MR) is 99.3 cm³/mol. The molecule has 2 aromatic heterocycles. The maximum atomic E-state index is 13.2. The molecule has 134 valence electrons. The fourth-order valence-corrected chi connectivity index (χ4v) is 2.78. The van der Waals surface area contributed by atoms with Gasteiger partial charge in [-0.1, -0.05) is 12.1 Å². The molecule has 1 N–H and O–H groups in total. The average molecular weight is 362 g/mol. The highest BCUT2D eigenvalue weighted by molar-refractivity contribution is 6.04. The molecule has 2 aromatic carbocycles. The van der Waals surface area contributed by atoms with E-state index in [-0.39, 0.29) is 17.4 Å². The number of carbonyl (C=O) groups is 1. The lowest BCUT2D eigenvalue weighted by molar-refractivity contribution is 0.102. The van der Waals surface area contributed by atoms with Crippen molar-refractivity contribution in [1.82, 2.24) is 14.6 Å². The van der Waals surface area contributed by atoms with Gasteiger partial charge in [0.2, 0.25) is 0 Å². The van der Waals surface area contributed by atoms with Crippen LogP contribution in [0.25, 0.3) is 16.9 Å². The number of halogens is 1. The summed E-state index contributed by atoms with van der Waals surface area (Å²) in [4.78, 5) is 16.9. The van der Waals surface area contributed by atoms with Crippen LogP contribution >= 0.6 is 0 Å². The molecule has 0 radical (unpaired) electrons. The zero-order valence-electron chi connectivity index (χ0n) is 14.4. The van der Waals surface area contributed by atoms with Gasteiger partial charge >= 0.3 is 0 Å². The first kappa shape index (κ1) is 16.7. The summed E-state index contributed by atoms with van der Waals surface area (Å²) in [5, 5.41) is 7.16. The largest absolute Gasteiger partial charge is 0.495 e. The van der Waals surface area contributed by atoms with Gasteiger partial charge in [-0.2, -0.15) is 5.10 Å². The van der Waals surface area contributed by atoms with Crippen LogP contribution in [0, 0.1) is 5.82 Å². The number of methoxy groups -OCH3 is 1. The Morgan fingerprint density at radius 2 is 1.89 bits per heavy atom. The second-order valence-corrected chi connectivity index (χ2v) is 5.79. The maximum absolute atomic E-state index is 13.2. The number of hydrogen-bond acceptors (Lipinski definition) is 4. The summed E-state index contributed by atoms with van der Waals surface area (Å²) in [5.74, 6) is -0.142. The Labute approximate surface area is 154 Å². The summed E-state index contributed by atoms with van der Waals surface area (Å²) in [6, 6.07) is 16.5. The summed E-state index contributed by atoms with van der Waals surface area (Å²) >= 11 is 0. The van der Waals surface area contributed by atoms with E-state index in [9.17, 15) is 9.18 Å². The number of benzene rings is 2.